The SMILES string of the molecule is CC(=O)C[C@H](C)[C@H]1C(=O)N2C(C(=O)O)=C(SC3CNC(C(=O)NCCC(=O)N(C)C)C3)[C@H](C)[C@H]12. The number of amides is 3. The Morgan fingerprint density at radius 1 is 1.29 bits per heavy atom. The van der Waals surface area contributed by atoms with E-state index in [9.17, 15) is 29.1 Å². The molecule has 11 heteroatoms. The topological polar surface area (TPSA) is 136 Å². The van der Waals surface area contributed by atoms with Crippen LogP contribution in [0.4, 0.5) is 0 Å². The molecule has 3 aliphatic rings. The van der Waals surface area contributed by atoms with Crippen molar-refractivity contribution in [2.75, 3.05) is 27.2 Å². The van der Waals surface area contributed by atoms with E-state index >= 15 is 0 Å². The highest BCUT2D eigenvalue weighted by Crippen LogP contribution is 2.53. The molecule has 188 valence electrons. The summed E-state index contributed by atoms with van der Waals surface area (Å²) in [4.78, 5) is 64.2. The summed E-state index contributed by atoms with van der Waals surface area (Å²) in [6, 6.07) is -0.669. The predicted molar refractivity (Wildman–Crippen MR) is 127 cm³/mol. The van der Waals surface area contributed by atoms with Gasteiger partial charge in [0.25, 0.3) is 0 Å². The maximum Gasteiger partial charge on any atom is 0.353 e. The van der Waals surface area contributed by atoms with E-state index in [0.29, 0.717) is 24.3 Å². The van der Waals surface area contributed by atoms with Crippen LogP contribution in [0.3, 0.4) is 0 Å². The zero-order valence-electron chi connectivity index (χ0n) is 20.3. The molecule has 2 unspecified atom stereocenters. The maximum absolute atomic E-state index is 12.9. The van der Waals surface area contributed by atoms with Crippen molar-refractivity contribution in [2.24, 2.45) is 17.8 Å². The monoisotopic (exact) mass is 494 g/mol. The maximum atomic E-state index is 12.9. The Kier molecular flexibility index (Phi) is 8.07. The molecule has 0 aromatic rings. The molecular formula is C23H34N4O6S. The summed E-state index contributed by atoms with van der Waals surface area (Å²) in [6.45, 7) is 6.10. The standard InChI is InChI=1S/C23H34N4O6S/c1-11(8-12(2)28)17-18-13(3)20(19(23(32)33)27(18)22(17)31)34-14-9-15(25-10-14)21(30)24-7-6-16(29)26(4)5/h11,13-15,17-18,25H,6-10H2,1-5H3,(H,24,30)(H,32,33)/t11-,13+,14?,15?,17+,18+/m0/s1. The van der Waals surface area contributed by atoms with Crippen molar-refractivity contribution in [3.8, 4) is 0 Å². The minimum atomic E-state index is -1.13. The van der Waals surface area contributed by atoms with E-state index in [2.05, 4.69) is 10.6 Å². The van der Waals surface area contributed by atoms with Gasteiger partial charge in [0.2, 0.25) is 17.7 Å². The van der Waals surface area contributed by atoms with Crippen LogP contribution in [-0.4, -0.2) is 88.9 Å². The lowest BCUT2D eigenvalue weighted by atomic mass is 9.73. The van der Waals surface area contributed by atoms with E-state index in [-0.39, 0.29) is 71.2 Å². The molecular weight excluding hydrogens is 460 g/mol. The summed E-state index contributed by atoms with van der Waals surface area (Å²) in [7, 11) is 3.33. The second-order valence-electron chi connectivity index (χ2n) is 9.68. The van der Waals surface area contributed by atoms with Crippen molar-refractivity contribution in [1.82, 2.24) is 20.4 Å². The molecule has 2 saturated heterocycles. The number of thioether (sulfide) groups is 1. The van der Waals surface area contributed by atoms with E-state index in [1.807, 2.05) is 13.8 Å². The van der Waals surface area contributed by atoms with E-state index in [4.69, 9.17) is 0 Å². The molecule has 0 spiro atoms. The highest BCUT2D eigenvalue weighted by molar-refractivity contribution is 8.03. The Balaban J connectivity index is 1.62. The highest BCUT2D eigenvalue weighted by Gasteiger charge is 2.60. The second-order valence-corrected chi connectivity index (χ2v) is 11.0. The first-order valence-electron chi connectivity index (χ1n) is 11.6. The van der Waals surface area contributed by atoms with Gasteiger partial charge in [0.1, 0.15) is 11.5 Å². The molecule has 0 aromatic carbocycles. The first-order valence-corrected chi connectivity index (χ1v) is 12.5. The Morgan fingerprint density at radius 3 is 2.56 bits per heavy atom. The van der Waals surface area contributed by atoms with Gasteiger partial charge >= 0.3 is 5.97 Å². The molecule has 34 heavy (non-hydrogen) atoms. The number of hydrogen-bond donors (Lipinski definition) is 3. The first kappa shape index (κ1) is 26.2. The van der Waals surface area contributed by atoms with Crippen molar-refractivity contribution in [1.29, 1.82) is 0 Å². The predicted octanol–water partition coefficient (Wildman–Crippen LogP) is 0.433. The minimum Gasteiger partial charge on any atom is -0.477 e. The van der Waals surface area contributed by atoms with Crippen molar-refractivity contribution in [3.63, 3.8) is 0 Å². The molecule has 0 aliphatic carbocycles. The third-order valence-electron chi connectivity index (χ3n) is 6.85. The molecule has 10 nitrogen and oxygen atoms in total. The number of ketones is 1. The molecule has 3 aliphatic heterocycles. The van der Waals surface area contributed by atoms with Gasteiger partial charge < -0.3 is 30.3 Å². The highest BCUT2D eigenvalue weighted by atomic mass is 32.2. The molecule has 0 saturated carbocycles. The number of rotatable bonds is 10. The third-order valence-corrected chi connectivity index (χ3v) is 8.36. The van der Waals surface area contributed by atoms with E-state index in [0.717, 1.165) is 0 Å². The Labute approximate surface area is 203 Å². The van der Waals surface area contributed by atoms with Crippen molar-refractivity contribution >= 4 is 41.2 Å². The molecule has 3 N–H and O–H groups in total. The summed E-state index contributed by atoms with van der Waals surface area (Å²) < 4.78 is 0. The number of fused-ring (bicyclic) bond motifs is 1. The number of aliphatic carboxylic acids is 1. The van der Waals surface area contributed by atoms with Gasteiger partial charge in [-0.3, -0.25) is 14.4 Å². The first-order chi connectivity index (χ1) is 15.9. The summed E-state index contributed by atoms with van der Waals surface area (Å²) >= 11 is 1.43. The number of hydrogen-bond acceptors (Lipinski definition) is 7. The van der Waals surface area contributed by atoms with Gasteiger partial charge in [-0.15, -0.1) is 11.8 Å². The third kappa shape index (κ3) is 5.14. The van der Waals surface area contributed by atoms with Crippen LogP contribution in [0, 0.1) is 17.8 Å². The van der Waals surface area contributed by atoms with E-state index in [1.165, 1.54) is 28.5 Å². The lowest BCUT2D eigenvalue weighted by molar-refractivity contribution is -0.160. The lowest BCUT2D eigenvalue weighted by Crippen LogP contribution is -2.62. The number of carbonyl (C=O) groups excluding carboxylic acids is 4. The van der Waals surface area contributed by atoms with Crippen LogP contribution in [0.2, 0.25) is 0 Å². The zero-order chi connectivity index (χ0) is 25.3. The van der Waals surface area contributed by atoms with Gasteiger partial charge in [0.15, 0.2) is 0 Å². The number of Topliss-reactive ketones (excluding diaryl/α,β-unsaturated/α-hetero) is 1. The lowest BCUT2D eigenvalue weighted by Gasteiger charge is -2.47. The van der Waals surface area contributed by atoms with Gasteiger partial charge in [-0.2, -0.15) is 0 Å². The fourth-order valence-electron chi connectivity index (χ4n) is 5.16. The smallest absolute Gasteiger partial charge is 0.353 e. The molecule has 0 bridgehead atoms. The molecule has 0 radical (unpaired) electrons. The Hall–Kier alpha value is -2.40. The number of carbonyl (C=O) groups is 5. The van der Waals surface area contributed by atoms with Crippen LogP contribution in [-0.2, 0) is 24.0 Å². The van der Waals surface area contributed by atoms with Crippen LogP contribution in [0.1, 0.15) is 40.0 Å². The fraction of sp³-hybridized carbons (Fsp3) is 0.696. The molecule has 3 heterocycles. The average molecular weight is 495 g/mol. The Bertz CT molecular complexity index is 919. The van der Waals surface area contributed by atoms with Crippen LogP contribution in [0.15, 0.2) is 10.6 Å². The van der Waals surface area contributed by atoms with Gasteiger partial charge in [0.05, 0.1) is 18.0 Å². The van der Waals surface area contributed by atoms with Crippen LogP contribution in [0.25, 0.3) is 0 Å². The van der Waals surface area contributed by atoms with Crippen LogP contribution in [0.5, 0.6) is 0 Å². The van der Waals surface area contributed by atoms with Crippen molar-refractivity contribution < 1.29 is 29.1 Å². The normalized spacial score (nSPS) is 28.9. The molecule has 0 aromatic heterocycles. The number of β-lactam (4-membered cyclic amide) rings is 1. The van der Waals surface area contributed by atoms with Crippen LogP contribution >= 0.6 is 11.8 Å². The molecule has 3 amide bonds. The summed E-state index contributed by atoms with van der Waals surface area (Å²) in [5, 5.41) is 15.8. The minimum absolute atomic E-state index is 0.0119. The van der Waals surface area contributed by atoms with Crippen molar-refractivity contribution in [2.45, 2.75) is 57.4 Å². The van der Waals surface area contributed by atoms with Crippen LogP contribution < -0.4 is 10.6 Å². The molecule has 3 rings (SSSR count). The number of nitrogens with zero attached hydrogens (tertiary/aromatic N) is 2. The van der Waals surface area contributed by atoms with E-state index in [1.54, 1.807) is 14.1 Å². The molecule has 6 atom stereocenters. The van der Waals surface area contributed by atoms with Gasteiger partial charge in [-0.25, -0.2) is 4.79 Å². The number of nitrogens with one attached hydrogen (secondary N) is 2. The van der Waals surface area contributed by atoms with Gasteiger partial charge in [-0.05, 0) is 19.3 Å². The number of carboxylic acid groups (broad SMARTS) is 1. The quantitative estimate of drug-likeness (QED) is 0.372. The van der Waals surface area contributed by atoms with Crippen molar-refractivity contribution in [3.05, 3.63) is 10.6 Å². The average Bonchev–Trinajstić information content (AvgIpc) is 3.29. The van der Waals surface area contributed by atoms with E-state index < -0.39 is 12.0 Å². The number of carboxylic acids is 1. The van der Waals surface area contributed by atoms with Gasteiger partial charge in [0, 0.05) is 56.1 Å². The fourth-order valence-corrected chi connectivity index (χ4v) is 6.64. The largest absolute Gasteiger partial charge is 0.477 e. The second kappa shape index (κ2) is 10.5. The van der Waals surface area contributed by atoms with Gasteiger partial charge in [-0.1, -0.05) is 13.8 Å². The summed E-state index contributed by atoms with van der Waals surface area (Å²) in [5.74, 6) is -2.26. The zero-order valence-corrected chi connectivity index (χ0v) is 21.1. The molecule has 2 fully saturated rings. The Morgan fingerprint density at radius 2 is 1.97 bits per heavy atom. The summed E-state index contributed by atoms with van der Waals surface area (Å²) in [6.07, 6.45) is 1.04. The summed E-state index contributed by atoms with van der Waals surface area (Å²) in [5.41, 5.74) is 0.0360.